The van der Waals surface area contributed by atoms with Crippen molar-refractivity contribution in [1.29, 1.82) is 0 Å². The number of nitrogens with zero attached hydrogens (tertiary/aromatic N) is 1. The fourth-order valence-electron chi connectivity index (χ4n) is 4.10. The first-order valence-electron chi connectivity index (χ1n) is 11.1. The molecule has 3 amide bonds. The zero-order chi connectivity index (χ0) is 23.5. The van der Waals surface area contributed by atoms with Crippen LogP contribution in [0, 0.1) is 0 Å². The van der Waals surface area contributed by atoms with E-state index < -0.39 is 23.9 Å². The maximum absolute atomic E-state index is 13.1. The maximum Gasteiger partial charge on any atom is 0.254 e. The molecule has 4 N–H and O–H groups in total. The predicted octanol–water partition coefficient (Wildman–Crippen LogP) is 3.10. The van der Waals surface area contributed by atoms with Gasteiger partial charge >= 0.3 is 0 Å². The first kappa shape index (κ1) is 21.4. The smallest absolute Gasteiger partial charge is 0.254 e. The molecule has 0 saturated carbocycles. The number of benzene rings is 3. The number of amides is 3. The highest BCUT2D eigenvalue weighted by molar-refractivity contribution is 6.10. The summed E-state index contributed by atoms with van der Waals surface area (Å²) < 4.78 is 0. The molecule has 170 valence electrons. The molecule has 3 aromatic carbocycles. The van der Waals surface area contributed by atoms with E-state index in [-0.39, 0.29) is 12.3 Å². The fourth-order valence-corrected chi connectivity index (χ4v) is 4.10. The van der Waals surface area contributed by atoms with Crippen LogP contribution in [0.25, 0.3) is 11.0 Å². The van der Waals surface area contributed by atoms with E-state index >= 15 is 0 Å². The molecular weight excluding hydrogens is 430 g/mol. The fraction of sp³-hybridized carbons (Fsp3) is 0.154. The van der Waals surface area contributed by atoms with Crippen LogP contribution in [0.4, 0.5) is 5.69 Å². The van der Waals surface area contributed by atoms with Gasteiger partial charge in [0.2, 0.25) is 11.8 Å². The van der Waals surface area contributed by atoms with Gasteiger partial charge in [-0.3, -0.25) is 14.4 Å². The molecule has 0 aliphatic carbocycles. The monoisotopic (exact) mass is 453 g/mol. The first-order chi connectivity index (χ1) is 16.6. The Balaban J connectivity index is 1.35. The quantitative estimate of drug-likeness (QED) is 0.359. The summed E-state index contributed by atoms with van der Waals surface area (Å²) in [6.07, 6.45) is 0.318. The summed E-state index contributed by atoms with van der Waals surface area (Å²) in [5.41, 5.74) is 3.50. The van der Waals surface area contributed by atoms with Crippen molar-refractivity contribution in [2.24, 2.45) is 0 Å². The summed E-state index contributed by atoms with van der Waals surface area (Å²) >= 11 is 0. The molecule has 5 rings (SSSR count). The Morgan fingerprint density at radius 2 is 1.68 bits per heavy atom. The van der Waals surface area contributed by atoms with Gasteiger partial charge < -0.3 is 20.9 Å². The largest absolute Gasteiger partial charge is 0.346 e. The molecule has 4 aromatic rings. The number of hydrogen-bond donors (Lipinski definition) is 4. The zero-order valence-electron chi connectivity index (χ0n) is 18.2. The highest BCUT2D eigenvalue weighted by Crippen LogP contribution is 2.21. The van der Waals surface area contributed by atoms with E-state index in [0.29, 0.717) is 23.5 Å². The van der Waals surface area contributed by atoms with Gasteiger partial charge in [-0.2, -0.15) is 0 Å². The Morgan fingerprint density at radius 3 is 2.50 bits per heavy atom. The number of para-hydroxylation sites is 3. The van der Waals surface area contributed by atoms with Crippen molar-refractivity contribution in [3.05, 3.63) is 95.8 Å². The topological polar surface area (TPSA) is 116 Å². The van der Waals surface area contributed by atoms with Crippen molar-refractivity contribution in [2.75, 3.05) is 5.32 Å². The molecular formula is C26H23N5O3. The van der Waals surface area contributed by atoms with Crippen LogP contribution in [0.5, 0.6) is 0 Å². The van der Waals surface area contributed by atoms with Crippen molar-refractivity contribution in [2.45, 2.75) is 24.9 Å². The van der Waals surface area contributed by atoms with Crippen LogP contribution in [-0.4, -0.2) is 33.7 Å². The number of fused-ring (bicyclic) bond motifs is 2. The van der Waals surface area contributed by atoms with E-state index in [0.717, 1.165) is 16.6 Å². The third-order valence-electron chi connectivity index (χ3n) is 5.80. The Bertz CT molecular complexity index is 1330. The first-order valence-corrected chi connectivity index (χ1v) is 11.1. The molecule has 2 heterocycles. The summed E-state index contributed by atoms with van der Waals surface area (Å²) in [5, 5.41) is 8.40. The van der Waals surface area contributed by atoms with Gasteiger partial charge in [0.05, 0.1) is 34.7 Å². The molecule has 0 bridgehead atoms. The van der Waals surface area contributed by atoms with E-state index in [1.807, 2.05) is 54.6 Å². The van der Waals surface area contributed by atoms with Crippen LogP contribution < -0.4 is 16.0 Å². The molecule has 8 nitrogen and oxygen atoms in total. The Kier molecular flexibility index (Phi) is 5.78. The Morgan fingerprint density at radius 1 is 0.941 bits per heavy atom. The lowest BCUT2D eigenvalue weighted by atomic mass is 10.0. The van der Waals surface area contributed by atoms with Gasteiger partial charge in [0.1, 0.15) is 11.9 Å². The van der Waals surface area contributed by atoms with Gasteiger partial charge in [0.15, 0.2) is 0 Å². The van der Waals surface area contributed by atoms with Crippen LogP contribution in [-0.2, 0) is 16.0 Å². The zero-order valence-corrected chi connectivity index (χ0v) is 18.2. The van der Waals surface area contributed by atoms with Gasteiger partial charge in [-0.05, 0) is 36.2 Å². The van der Waals surface area contributed by atoms with Crippen LogP contribution in [0.1, 0.15) is 34.2 Å². The number of aromatic nitrogens is 2. The van der Waals surface area contributed by atoms with Crippen LogP contribution >= 0.6 is 0 Å². The lowest BCUT2D eigenvalue weighted by molar-refractivity contribution is -0.126. The Labute approximate surface area is 195 Å². The van der Waals surface area contributed by atoms with Gasteiger partial charge in [0.25, 0.3) is 5.91 Å². The van der Waals surface area contributed by atoms with E-state index in [1.54, 1.807) is 24.3 Å². The van der Waals surface area contributed by atoms with Crippen LogP contribution in [0.15, 0.2) is 78.9 Å². The minimum absolute atomic E-state index is 0.197. The van der Waals surface area contributed by atoms with E-state index in [1.165, 1.54) is 0 Å². The van der Waals surface area contributed by atoms with Crippen molar-refractivity contribution in [3.63, 3.8) is 0 Å². The van der Waals surface area contributed by atoms with E-state index in [4.69, 9.17) is 0 Å². The van der Waals surface area contributed by atoms with E-state index in [9.17, 15) is 14.4 Å². The third kappa shape index (κ3) is 4.52. The number of nitrogens with one attached hydrogen (secondary N) is 4. The molecule has 0 spiro atoms. The number of aromatic amines is 1. The van der Waals surface area contributed by atoms with Gasteiger partial charge in [-0.25, -0.2) is 4.98 Å². The molecule has 0 fully saturated rings. The molecule has 1 aliphatic heterocycles. The van der Waals surface area contributed by atoms with Crippen molar-refractivity contribution in [3.8, 4) is 0 Å². The summed E-state index contributed by atoms with van der Waals surface area (Å²) in [7, 11) is 0. The highest BCUT2D eigenvalue weighted by atomic mass is 16.2. The third-order valence-corrected chi connectivity index (χ3v) is 5.80. The SMILES string of the molecule is O=C(C[C@@H]1NC(=O)c2ccccc2NC1=O)N[C@@H](Cc1ccccc1)c1nc2ccccc2[nH]1. The molecule has 1 aliphatic rings. The van der Waals surface area contributed by atoms with Gasteiger partial charge in [0, 0.05) is 0 Å². The highest BCUT2D eigenvalue weighted by Gasteiger charge is 2.30. The predicted molar refractivity (Wildman–Crippen MR) is 128 cm³/mol. The number of anilines is 1. The van der Waals surface area contributed by atoms with Crippen LogP contribution in [0.2, 0.25) is 0 Å². The second-order valence-electron chi connectivity index (χ2n) is 8.21. The molecule has 0 unspecified atom stereocenters. The molecule has 0 radical (unpaired) electrons. The second kappa shape index (κ2) is 9.19. The van der Waals surface area contributed by atoms with Gasteiger partial charge in [-0.15, -0.1) is 0 Å². The normalized spacial score (nSPS) is 16.2. The van der Waals surface area contributed by atoms with Crippen molar-refractivity contribution in [1.82, 2.24) is 20.6 Å². The van der Waals surface area contributed by atoms with Crippen LogP contribution in [0.3, 0.4) is 0 Å². The summed E-state index contributed by atoms with van der Waals surface area (Å²) in [4.78, 5) is 46.3. The van der Waals surface area contributed by atoms with E-state index in [2.05, 4.69) is 25.9 Å². The number of rotatable bonds is 6. The number of hydrogen-bond acceptors (Lipinski definition) is 4. The average Bonchev–Trinajstić information content (AvgIpc) is 3.24. The minimum Gasteiger partial charge on any atom is -0.346 e. The van der Waals surface area contributed by atoms with Gasteiger partial charge in [-0.1, -0.05) is 54.6 Å². The summed E-state index contributed by atoms with van der Waals surface area (Å²) in [5.74, 6) is -0.574. The lowest BCUT2D eigenvalue weighted by Crippen LogP contribution is -2.45. The minimum atomic E-state index is -0.993. The number of imidazole rings is 1. The summed E-state index contributed by atoms with van der Waals surface area (Å²) in [6.45, 7) is 0. The maximum atomic E-state index is 13.1. The number of carbonyl (C=O) groups is 3. The summed E-state index contributed by atoms with van der Waals surface area (Å²) in [6, 6.07) is 22.7. The number of carbonyl (C=O) groups excluding carboxylic acids is 3. The standard InChI is InChI=1S/C26H23N5O3/c32-23(15-22-26(34)30-18-11-5-4-10-17(18)25(33)31-22)27-21(14-16-8-2-1-3-9-16)24-28-19-12-6-7-13-20(19)29-24/h1-13,21-22H,14-15H2,(H,27,32)(H,28,29)(H,30,34)(H,31,33)/t21-,22-/m0/s1. The molecule has 34 heavy (non-hydrogen) atoms. The lowest BCUT2D eigenvalue weighted by Gasteiger charge is -2.19. The van der Waals surface area contributed by atoms with Crippen molar-refractivity contribution < 1.29 is 14.4 Å². The average molecular weight is 454 g/mol. The molecule has 1 aromatic heterocycles. The molecule has 2 atom stereocenters. The molecule has 8 heteroatoms. The molecule has 0 saturated heterocycles. The Hall–Kier alpha value is -4.46. The number of H-pyrrole nitrogens is 1. The second-order valence-corrected chi connectivity index (χ2v) is 8.21. The van der Waals surface area contributed by atoms with Crippen molar-refractivity contribution >= 4 is 34.4 Å².